The number of nitrogens with zero attached hydrogens (tertiary/aromatic N) is 2. The average Bonchev–Trinajstić information content (AvgIpc) is 2.23. The van der Waals surface area contributed by atoms with Gasteiger partial charge in [0, 0.05) is 0 Å². The SMILES string of the molecule is COC(=O)c1c(C)nc(Cl)nc1NOC(C)(C)C. The number of hydrogen-bond donors (Lipinski definition) is 1. The van der Waals surface area contributed by atoms with Crippen LogP contribution in [0, 0.1) is 6.92 Å². The number of esters is 1. The van der Waals surface area contributed by atoms with Crippen LogP contribution in [-0.4, -0.2) is 28.6 Å². The van der Waals surface area contributed by atoms with Gasteiger partial charge >= 0.3 is 5.97 Å². The molecular formula is C11H16ClN3O3. The van der Waals surface area contributed by atoms with Crippen molar-refractivity contribution in [1.82, 2.24) is 9.97 Å². The van der Waals surface area contributed by atoms with Gasteiger partial charge in [-0.15, -0.1) is 0 Å². The molecule has 18 heavy (non-hydrogen) atoms. The van der Waals surface area contributed by atoms with Gasteiger partial charge < -0.3 is 4.74 Å². The third-order valence-electron chi connectivity index (χ3n) is 1.91. The first-order chi connectivity index (χ1) is 8.24. The largest absolute Gasteiger partial charge is 0.465 e. The summed E-state index contributed by atoms with van der Waals surface area (Å²) >= 11 is 5.75. The van der Waals surface area contributed by atoms with Gasteiger partial charge in [0.25, 0.3) is 0 Å². The van der Waals surface area contributed by atoms with E-state index in [2.05, 4.69) is 20.2 Å². The van der Waals surface area contributed by atoms with E-state index in [4.69, 9.17) is 16.4 Å². The smallest absolute Gasteiger partial charge is 0.343 e. The molecule has 0 aromatic carbocycles. The first kappa shape index (κ1) is 14.7. The number of nitrogens with one attached hydrogen (secondary N) is 1. The number of aryl methyl sites for hydroxylation is 1. The van der Waals surface area contributed by atoms with Gasteiger partial charge in [-0.2, -0.15) is 4.98 Å². The fourth-order valence-corrected chi connectivity index (χ4v) is 1.37. The Kier molecular flexibility index (Phi) is 4.48. The molecule has 0 atom stereocenters. The first-order valence-electron chi connectivity index (χ1n) is 5.31. The van der Waals surface area contributed by atoms with E-state index in [1.807, 2.05) is 20.8 Å². The van der Waals surface area contributed by atoms with E-state index in [0.717, 1.165) is 0 Å². The van der Waals surface area contributed by atoms with Crippen LogP contribution in [0.1, 0.15) is 36.8 Å². The van der Waals surface area contributed by atoms with Gasteiger partial charge in [0.05, 0.1) is 18.4 Å². The van der Waals surface area contributed by atoms with Gasteiger partial charge in [-0.1, -0.05) is 0 Å². The number of carbonyl (C=O) groups excluding carboxylic acids is 1. The molecule has 0 unspecified atom stereocenters. The van der Waals surface area contributed by atoms with Gasteiger partial charge in [0.1, 0.15) is 5.56 Å². The lowest BCUT2D eigenvalue weighted by atomic mass is 10.2. The number of ether oxygens (including phenoxy) is 1. The number of halogens is 1. The van der Waals surface area contributed by atoms with Crippen LogP contribution in [0.15, 0.2) is 0 Å². The zero-order valence-corrected chi connectivity index (χ0v) is 11.8. The van der Waals surface area contributed by atoms with Crippen LogP contribution in [0.25, 0.3) is 0 Å². The van der Waals surface area contributed by atoms with Crippen LogP contribution in [0.5, 0.6) is 0 Å². The van der Waals surface area contributed by atoms with E-state index < -0.39 is 11.6 Å². The number of aromatic nitrogens is 2. The Morgan fingerprint density at radius 1 is 1.33 bits per heavy atom. The molecule has 0 amide bonds. The summed E-state index contributed by atoms with van der Waals surface area (Å²) in [6, 6.07) is 0. The van der Waals surface area contributed by atoms with Crippen molar-refractivity contribution in [2.75, 3.05) is 12.6 Å². The third-order valence-corrected chi connectivity index (χ3v) is 2.08. The Labute approximate surface area is 111 Å². The summed E-state index contributed by atoms with van der Waals surface area (Å²) in [5.74, 6) is -0.363. The minimum Gasteiger partial charge on any atom is -0.465 e. The van der Waals surface area contributed by atoms with Crippen molar-refractivity contribution in [3.63, 3.8) is 0 Å². The van der Waals surface area contributed by atoms with Crippen LogP contribution in [0.2, 0.25) is 5.28 Å². The fourth-order valence-electron chi connectivity index (χ4n) is 1.16. The molecule has 1 rings (SSSR count). The maximum Gasteiger partial charge on any atom is 0.343 e. The molecule has 0 bridgehead atoms. The van der Waals surface area contributed by atoms with Gasteiger partial charge in [-0.25, -0.2) is 15.3 Å². The Bertz CT molecular complexity index is 458. The first-order valence-corrected chi connectivity index (χ1v) is 5.69. The summed E-state index contributed by atoms with van der Waals surface area (Å²) < 4.78 is 4.67. The molecule has 1 aromatic rings. The van der Waals surface area contributed by atoms with Gasteiger partial charge in [-0.05, 0) is 39.3 Å². The molecule has 1 heterocycles. The van der Waals surface area contributed by atoms with Gasteiger partial charge in [0.15, 0.2) is 5.82 Å². The predicted molar refractivity (Wildman–Crippen MR) is 67.6 cm³/mol. The summed E-state index contributed by atoms with van der Waals surface area (Å²) in [5, 5.41) is 0.0279. The average molecular weight is 274 g/mol. The van der Waals surface area contributed by atoms with E-state index in [1.165, 1.54) is 7.11 Å². The second kappa shape index (κ2) is 5.49. The van der Waals surface area contributed by atoms with Gasteiger partial charge in [0.2, 0.25) is 5.28 Å². The van der Waals surface area contributed by atoms with Crippen molar-refractivity contribution in [1.29, 1.82) is 0 Å². The Hall–Kier alpha value is -1.40. The molecule has 1 aromatic heterocycles. The fraction of sp³-hybridized carbons (Fsp3) is 0.545. The lowest BCUT2D eigenvalue weighted by molar-refractivity contribution is 0.0357. The molecule has 7 heteroatoms. The molecule has 0 fully saturated rings. The number of rotatable bonds is 3. The molecule has 0 aliphatic rings. The highest BCUT2D eigenvalue weighted by Gasteiger charge is 2.21. The van der Waals surface area contributed by atoms with Crippen LogP contribution in [-0.2, 0) is 9.57 Å². The summed E-state index contributed by atoms with van der Waals surface area (Å²) in [6.07, 6.45) is 0. The van der Waals surface area contributed by atoms with Crippen LogP contribution >= 0.6 is 11.6 Å². The quantitative estimate of drug-likeness (QED) is 0.518. The van der Waals surface area contributed by atoms with Crippen molar-refractivity contribution in [3.8, 4) is 0 Å². The Morgan fingerprint density at radius 2 is 1.94 bits per heavy atom. The number of carbonyl (C=O) groups is 1. The molecular weight excluding hydrogens is 258 g/mol. The number of methoxy groups -OCH3 is 1. The predicted octanol–water partition coefficient (Wildman–Crippen LogP) is 2.37. The summed E-state index contributed by atoms with van der Waals surface area (Å²) in [4.78, 5) is 24.8. The number of anilines is 1. The summed E-state index contributed by atoms with van der Waals surface area (Å²) in [7, 11) is 1.28. The molecule has 100 valence electrons. The monoisotopic (exact) mass is 273 g/mol. The lowest BCUT2D eigenvalue weighted by Gasteiger charge is -2.20. The lowest BCUT2D eigenvalue weighted by Crippen LogP contribution is -2.25. The van der Waals surface area contributed by atoms with Crippen molar-refractivity contribution >= 4 is 23.4 Å². The molecule has 6 nitrogen and oxygen atoms in total. The van der Waals surface area contributed by atoms with Crippen molar-refractivity contribution in [2.24, 2.45) is 0 Å². The second-order valence-corrected chi connectivity index (χ2v) is 4.95. The normalized spacial score (nSPS) is 11.2. The molecule has 0 spiro atoms. The molecule has 0 saturated heterocycles. The van der Waals surface area contributed by atoms with E-state index in [1.54, 1.807) is 6.92 Å². The molecule has 0 aliphatic heterocycles. The summed E-state index contributed by atoms with van der Waals surface area (Å²) in [6.45, 7) is 7.20. The second-order valence-electron chi connectivity index (χ2n) is 4.61. The minimum absolute atomic E-state index is 0.0279. The van der Waals surface area contributed by atoms with E-state index in [-0.39, 0.29) is 16.7 Å². The topological polar surface area (TPSA) is 73.3 Å². The molecule has 0 aliphatic carbocycles. The van der Waals surface area contributed by atoms with Crippen molar-refractivity contribution in [2.45, 2.75) is 33.3 Å². The zero-order valence-electron chi connectivity index (χ0n) is 11.0. The third kappa shape index (κ3) is 3.82. The highest BCUT2D eigenvalue weighted by Crippen LogP contribution is 2.21. The maximum absolute atomic E-state index is 11.7. The van der Waals surface area contributed by atoms with Crippen molar-refractivity contribution in [3.05, 3.63) is 16.5 Å². The minimum atomic E-state index is -0.552. The summed E-state index contributed by atoms with van der Waals surface area (Å²) in [5.41, 5.74) is 2.79. The maximum atomic E-state index is 11.7. The van der Waals surface area contributed by atoms with Crippen LogP contribution in [0.4, 0.5) is 5.82 Å². The van der Waals surface area contributed by atoms with Crippen molar-refractivity contribution < 1.29 is 14.4 Å². The molecule has 0 saturated carbocycles. The van der Waals surface area contributed by atoms with E-state index in [0.29, 0.717) is 5.69 Å². The Morgan fingerprint density at radius 3 is 2.44 bits per heavy atom. The molecule has 1 N–H and O–H groups in total. The number of hydrogen-bond acceptors (Lipinski definition) is 6. The van der Waals surface area contributed by atoms with E-state index >= 15 is 0 Å². The zero-order chi connectivity index (χ0) is 13.9. The van der Waals surface area contributed by atoms with Gasteiger partial charge in [-0.3, -0.25) is 4.84 Å². The highest BCUT2D eigenvalue weighted by atomic mass is 35.5. The Balaban J connectivity index is 3.12. The molecule has 0 radical (unpaired) electrons. The van der Waals surface area contributed by atoms with Crippen LogP contribution in [0.3, 0.4) is 0 Å². The van der Waals surface area contributed by atoms with Crippen LogP contribution < -0.4 is 5.48 Å². The standard InChI is InChI=1S/C11H16ClN3O3/c1-6-7(9(16)17-5)8(14-10(12)13-6)15-18-11(2,3)4/h1-5H3,(H,13,14,15). The van der Waals surface area contributed by atoms with E-state index in [9.17, 15) is 4.79 Å². The highest BCUT2D eigenvalue weighted by molar-refractivity contribution is 6.28.